The maximum absolute atomic E-state index is 10.9. The van der Waals surface area contributed by atoms with Crippen molar-refractivity contribution in [3.05, 3.63) is 58.2 Å². The molecule has 2 aliphatic heterocycles. The van der Waals surface area contributed by atoms with Gasteiger partial charge in [-0.05, 0) is 64.7 Å². The summed E-state index contributed by atoms with van der Waals surface area (Å²) in [6.45, 7) is 22.1. The second kappa shape index (κ2) is 26.4. The first-order valence-corrected chi connectivity index (χ1v) is 14.7. The number of non-ortho nitro benzene ring substituents is 1. The molecule has 4 rings (SSSR count). The molecule has 40 heavy (non-hydrogen) atoms. The Balaban J connectivity index is 0. The fourth-order valence-corrected chi connectivity index (χ4v) is 4.35. The third-order valence-electron chi connectivity index (χ3n) is 6.81. The van der Waals surface area contributed by atoms with Gasteiger partial charge in [0.15, 0.2) is 0 Å². The molecule has 0 bridgehead atoms. The van der Waals surface area contributed by atoms with E-state index >= 15 is 0 Å². The summed E-state index contributed by atoms with van der Waals surface area (Å²) in [5.74, 6) is 0.829. The maximum Gasteiger partial charge on any atom is 0.271 e. The molecule has 0 spiro atoms. The smallest absolute Gasteiger partial charge is 0.271 e. The molecular formula is C32H56N4O4. The number of nitro groups is 1. The van der Waals surface area contributed by atoms with Crippen LogP contribution in [0.25, 0.3) is 0 Å². The molecule has 1 aromatic rings. The molecule has 0 radical (unpaired) electrons. The Bertz CT molecular complexity index is 811. The lowest BCUT2D eigenvalue weighted by molar-refractivity contribution is -0.384. The first kappa shape index (κ1) is 39.3. The van der Waals surface area contributed by atoms with Crippen LogP contribution in [0.3, 0.4) is 0 Å². The molecule has 2 heterocycles. The highest BCUT2D eigenvalue weighted by molar-refractivity contribution is 5.53. The number of carbonyl (C=O) groups is 2. The molecule has 0 atom stereocenters. The number of piperazine rings is 1. The van der Waals surface area contributed by atoms with Gasteiger partial charge in [0.05, 0.1) is 4.92 Å². The van der Waals surface area contributed by atoms with E-state index in [1.54, 1.807) is 18.2 Å². The molecule has 2 fully saturated rings. The number of anilines is 1. The van der Waals surface area contributed by atoms with Crippen LogP contribution in [0.15, 0.2) is 48.1 Å². The molecule has 228 valence electrons. The molecule has 8 heteroatoms. The van der Waals surface area contributed by atoms with Crippen molar-refractivity contribution in [2.75, 3.05) is 57.8 Å². The molecule has 0 unspecified atom stereocenters. The highest BCUT2D eigenvalue weighted by Gasteiger charge is 2.23. The van der Waals surface area contributed by atoms with Crippen molar-refractivity contribution in [2.24, 2.45) is 5.92 Å². The highest BCUT2D eigenvalue weighted by atomic mass is 16.6. The van der Waals surface area contributed by atoms with Crippen LogP contribution in [0.5, 0.6) is 0 Å². The van der Waals surface area contributed by atoms with Crippen molar-refractivity contribution in [3.8, 4) is 0 Å². The van der Waals surface area contributed by atoms with Crippen LogP contribution in [0.1, 0.15) is 73.1 Å². The van der Waals surface area contributed by atoms with Crippen LogP contribution < -0.4 is 4.90 Å². The van der Waals surface area contributed by atoms with E-state index in [1.165, 1.54) is 63.7 Å². The number of carbonyl (C=O) groups excluding carboxylic acids is 2. The van der Waals surface area contributed by atoms with Gasteiger partial charge in [-0.3, -0.25) is 15.0 Å². The van der Waals surface area contributed by atoms with E-state index in [0.717, 1.165) is 37.8 Å². The summed E-state index contributed by atoms with van der Waals surface area (Å²) >= 11 is 0. The number of benzene rings is 1. The lowest BCUT2D eigenvalue weighted by Gasteiger charge is -2.39. The van der Waals surface area contributed by atoms with Gasteiger partial charge >= 0.3 is 0 Å². The lowest BCUT2D eigenvalue weighted by Crippen LogP contribution is -2.48. The van der Waals surface area contributed by atoms with Crippen LogP contribution in [0.4, 0.5) is 11.4 Å². The monoisotopic (exact) mass is 560 g/mol. The summed E-state index contributed by atoms with van der Waals surface area (Å²) in [6, 6.07) is 6.99. The number of hydrogen-bond donors (Lipinski definition) is 0. The first-order chi connectivity index (χ1) is 19.4. The van der Waals surface area contributed by atoms with Gasteiger partial charge in [-0.25, -0.2) is 0 Å². The minimum absolute atomic E-state index is 0.177. The fourth-order valence-electron chi connectivity index (χ4n) is 4.35. The Morgan fingerprint density at radius 1 is 0.925 bits per heavy atom. The molecule has 8 nitrogen and oxygen atoms in total. The fraction of sp³-hybridized carbons (Fsp3) is 0.625. The van der Waals surface area contributed by atoms with E-state index in [-0.39, 0.29) is 10.6 Å². The Morgan fingerprint density at radius 2 is 1.50 bits per heavy atom. The van der Waals surface area contributed by atoms with Gasteiger partial charge in [-0.15, -0.1) is 0 Å². The minimum atomic E-state index is -0.320. The second-order valence-corrected chi connectivity index (χ2v) is 9.74. The minimum Gasteiger partial charge on any atom is -0.369 e. The van der Waals surface area contributed by atoms with Crippen molar-refractivity contribution < 1.29 is 14.5 Å². The van der Waals surface area contributed by atoms with Crippen molar-refractivity contribution in [1.29, 1.82) is 0 Å². The number of likely N-dealkylation sites (tertiary alicyclic amines) is 1. The predicted octanol–water partition coefficient (Wildman–Crippen LogP) is 6.80. The van der Waals surface area contributed by atoms with Crippen LogP contribution in [-0.2, 0) is 9.59 Å². The van der Waals surface area contributed by atoms with Crippen molar-refractivity contribution in [2.45, 2.75) is 73.1 Å². The largest absolute Gasteiger partial charge is 0.369 e. The molecule has 0 N–H and O–H groups in total. The van der Waals surface area contributed by atoms with Gasteiger partial charge in [-0.2, -0.15) is 0 Å². The normalized spacial score (nSPS) is 16.9. The SMILES string of the molecule is C=O.C=O.CC.CC1=CCCC=C1.CCCC.CN1CCC(CN2CCN(c3cccc([N+](=O)[O-])c3)CC2)CC1. The maximum atomic E-state index is 10.9. The number of piperidine rings is 1. The van der Waals surface area contributed by atoms with Crippen LogP contribution in [0.2, 0.25) is 0 Å². The Hall–Kier alpha value is -2.84. The van der Waals surface area contributed by atoms with Crippen molar-refractivity contribution in [1.82, 2.24) is 9.80 Å². The van der Waals surface area contributed by atoms with E-state index in [2.05, 4.69) is 60.7 Å². The predicted molar refractivity (Wildman–Crippen MR) is 170 cm³/mol. The van der Waals surface area contributed by atoms with Crippen LogP contribution in [0, 0.1) is 16.0 Å². The molecule has 1 aliphatic carbocycles. The summed E-state index contributed by atoms with van der Waals surface area (Å²) in [5, 5.41) is 10.9. The number of nitro benzene ring substituents is 1. The third-order valence-corrected chi connectivity index (χ3v) is 6.81. The Morgan fingerprint density at radius 3 is 1.93 bits per heavy atom. The van der Waals surface area contributed by atoms with E-state index in [1.807, 2.05) is 33.5 Å². The van der Waals surface area contributed by atoms with E-state index < -0.39 is 0 Å². The number of hydrogen-bond acceptors (Lipinski definition) is 7. The average molecular weight is 561 g/mol. The first-order valence-electron chi connectivity index (χ1n) is 14.7. The average Bonchev–Trinajstić information content (AvgIpc) is 3.02. The van der Waals surface area contributed by atoms with E-state index in [0.29, 0.717) is 0 Å². The van der Waals surface area contributed by atoms with Crippen molar-refractivity contribution in [3.63, 3.8) is 0 Å². The summed E-state index contributed by atoms with van der Waals surface area (Å²) in [5.41, 5.74) is 2.56. The standard InChI is InChI=1S/C17H26N4O2.C7H10.C4H10.C2H6.2CH2O/c1-18-7-5-15(6-8-18)14-19-9-11-20(12-10-19)16-3-2-4-17(13-16)21(22)23;1-7-5-3-2-4-6-7;1-3-4-2;3*1-2/h2-4,13,15H,5-12,14H2,1H3;3,5-6H,2,4H2,1H3;3-4H2,1-2H3;1-2H3;2*1H2. The summed E-state index contributed by atoms with van der Waals surface area (Å²) in [4.78, 5) is 33.8. The summed E-state index contributed by atoms with van der Waals surface area (Å²) in [7, 11) is 2.20. The van der Waals surface area contributed by atoms with Gasteiger partial charge in [0.1, 0.15) is 13.6 Å². The lowest BCUT2D eigenvalue weighted by atomic mass is 9.96. The van der Waals surface area contributed by atoms with Gasteiger partial charge in [0, 0.05) is 50.5 Å². The Kier molecular flexibility index (Phi) is 25.9. The number of nitrogens with zero attached hydrogens (tertiary/aromatic N) is 4. The van der Waals surface area contributed by atoms with Gasteiger partial charge in [0.2, 0.25) is 0 Å². The zero-order chi connectivity index (χ0) is 30.8. The van der Waals surface area contributed by atoms with Gasteiger partial charge < -0.3 is 19.4 Å². The zero-order valence-corrected chi connectivity index (χ0v) is 26.1. The number of rotatable bonds is 5. The molecule has 1 aromatic carbocycles. The molecule has 0 aromatic heterocycles. The van der Waals surface area contributed by atoms with E-state index in [9.17, 15) is 10.1 Å². The van der Waals surface area contributed by atoms with Gasteiger partial charge in [-0.1, -0.05) is 70.4 Å². The molecule has 2 saturated heterocycles. The molecule has 0 saturated carbocycles. The molecule has 0 amide bonds. The molecular weight excluding hydrogens is 504 g/mol. The molecule has 3 aliphatic rings. The van der Waals surface area contributed by atoms with Crippen molar-refractivity contribution >= 4 is 25.0 Å². The zero-order valence-electron chi connectivity index (χ0n) is 26.1. The Labute approximate surface area is 244 Å². The van der Waals surface area contributed by atoms with Crippen LogP contribution >= 0.6 is 0 Å². The third kappa shape index (κ3) is 17.7. The van der Waals surface area contributed by atoms with Crippen LogP contribution in [-0.4, -0.2) is 81.2 Å². The number of allylic oxidation sites excluding steroid dienone is 4. The number of unbranched alkanes of at least 4 members (excludes halogenated alkanes) is 1. The van der Waals surface area contributed by atoms with E-state index in [4.69, 9.17) is 9.59 Å². The quantitative estimate of drug-likeness (QED) is 0.289. The highest BCUT2D eigenvalue weighted by Crippen LogP contribution is 2.23. The topological polar surface area (TPSA) is 87.0 Å². The second-order valence-electron chi connectivity index (χ2n) is 9.74. The summed E-state index contributed by atoms with van der Waals surface area (Å²) in [6.07, 6.45) is 14.4. The summed E-state index contributed by atoms with van der Waals surface area (Å²) < 4.78 is 0. The van der Waals surface area contributed by atoms with Gasteiger partial charge in [0.25, 0.3) is 5.69 Å².